The Kier molecular flexibility index (Phi) is 5.38. The largest absolute Gasteiger partial charge is 0.376 e. The Morgan fingerprint density at radius 2 is 1.71 bits per heavy atom. The van der Waals surface area contributed by atoms with Gasteiger partial charge in [0, 0.05) is 31.5 Å². The van der Waals surface area contributed by atoms with Gasteiger partial charge in [-0.25, -0.2) is 12.4 Å². The van der Waals surface area contributed by atoms with Gasteiger partial charge in [0.25, 0.3) is 10.0 Å². The van der Waals surface area contributed by atoms with E-state index in [0.29, 0.717) is 24.6 Å². The molecule has 2 heterocycles. The van der Waals surface area contributed by atoms with Crippen LogP contribution in [0, 0.1) is 5.92 Å². The monoisotopic (exact) mass is 441 g/mol. The van der Waals surface area contributed by atoms with Crippen LogP contribution in [-0.4, -0.2) is 38.5 Å². The molecular formula is C24H27NO5S. The van der Waals surface area contributed by atoms with Gasteiger partial charge >= 0.3 is 0 Å². The van der Waals surface area contributed by atoms with E-state index in [1.807, 2.05) is 30.3 Å². The zero-order chi connectivity index (χ0) is 21.5. The molecule has 3 aromatic rings. The number of benzene rings is 2. The van der Waals surface area contributed by atoms with E-state index in [2.05, 4.69) is 0 Å². The lowest BCUT2D eigenvalue weighted by atomic mass is 9.79. The van der Waals surface area contributed by atoms with Crippen LogP contribution < -0.4 is 0 Å². The van der Waals surface area contributed by atoms with E-state index in [1.54, 1.807) is 37.6 Å². The van der Waals surface area contributed by atoms with Gasteiger partial charge in [0.2, 0.25) is 0 Å². The lowest BCUT2D eigenvalue weighted by Gasteiger charge is -2.38. The van der Waals surface area contributed by atoms with E-state index < -0.39 is 15.8 Å². The Hall–Kier alpha value is -2.19. The maximum atomic E-state index is 13.2. The van der Waals surface area contributed by atoms with Crippen molar-refractivity contribution in [3.63, 3.8) is 0 Å². The van der Waals surface area contributed by atoms with E-state index >= 15 is 0 Å². The van der Waals surface area contributed by atoms with Gasteiger partial charge < -0.3 is 14.2 Å². The van der Waals surface area contributed by atoms with Gasteiger partial charge in [-0.3, -0.25) is 0 Å². The molecule has 1 saturated heterocycles. The number of hydrogen-bond donors (Lipinski definition) is 0. The fourth-order valence-corrected chi connectivity index (χ4v) is 6.44. The standard InChI is InChI=1S/C24H27NO5S/c1-28-23(18-10-13-24(14-11-18)29-16-17-30-24)21-8-5-9-22-20(21)12-15-25(22)31(26,27)19-6-3-2-4-7-19/h2-9,12,15,18,23H,10-11,13-14,16-17H2,1H3. The van der Waals surface area contributed by atoms with Crippen LogP contribution in [0.1, 0.15) is 37.4 Å². The maximum Gasteiger partial charge on any atom is 0.268 e. The maximum absolute atomic E-state index is 13.2. The number of fused-ring (bicyclic) bond motifs is 1. The molecule has 1 aliphatic carbocycles. The third-order valence-corrected chi connectivity index (χ3v) is 8.33. The van der Waals surface area contributed by atoms with Gasteiger partial charge in [-0.2, -0.15) is 0 Å². The van der Waals surface area contributed by atoms with Crippen LogP contribution in [0.15, 0.2) is 65.7 Å². The van der Waals surface area contributed by atoms with Crippen LogP contribution in [0.4, 0.5) is 0 Å². The van der Waals surface area contributed by atoms with E-state index in [9.17, 15) is 8.42 Å². The van der Waals surface area contributed by atoms with Crippen molar-refractivity contribution in [1.82, 2.24) is 3.97 Å². The van der Waals surface area contributed by atoms with Gasteiger partial charge in [-0.05, 0) is 48.6 Å². The second kappa shape index (κ2) is 8.06. The molecule has 2 aliphatic rings. The molecule has 1 unspecified atom stereocenters. The third-order valence-electron chi connectivity index (χ3n) is 6.63. The molecular weight excluding hydrogens is 414 g/mol. The average Bonchev–Trinajstić information content (AvgIpc) is 3.44. The van der Waals surface area contributed by atoms with Crippen molar-refractivity contribution in [3.05, 3.63) is 66.4 Å². The molecule has 2 aromatic carbocycles. The van der Waals surface area contributed by atoms with Crippen molar-refractivity contribution in [2.45, 2.75) is 42.5 Å². The van der Waals surface area contributed by atoms with Crippen molar-refractivity contribution < 1.29 is 22.6 Å². The molecule has 0 radical (unpaired) electrons. The smallest absolute Gasteiger partial charge is 0.268 e. The highest BCUT2D eigenvalue weighted by Crippen LogP contribution is 2.45. The van der Waals surface area contributed by atoms with Gasteiger partial charge in [0.05, 0.1) is 29.7 Å². The molecule has 0 amide bonds. The zero-order valence-corrected chi connectivity index (χ0v) is 18.4. The Morgan fingerprint density at radius 1 is 1.00 bits per heavy atom. The van der Waals surface area contributed by atoms with Crippen LogP contribution in [0.25, 0.3) is 10.9 Å². The second-order valence-corrected chi connectivity index (χ2v) is 10.1. The molecule has 1 aliphatic heterocycles. The predicted octanol–water partition coefficient (Wildman–Crippen LogP) is 4.50. The molecule has 1 atom stereocenters. The highest BCUT2D eigenvalue weighted by atomic mass is 32.2. The topological polar surface area (TPSA) is 66.8 Å². The second-order valence-electron chi connectivity index (χ2n) is 8.31. The number of ether oxygens (including phenoxy) is 3. The number of rotatable bonds is 5. The van der Waals surface area contributed by atoms with Crippen molar-refractivity contribution in [2.75, 3.05) is 20.3 Å². The Bertz CT molecular complexity index is 1160. The lowest BCUT2D eigenvalue weighted by Crippen LogP contribution is -2.36. The van der Waals surface area contributed by atoms with E-state index in [0.717, 1.165) is 36.6 Å². The summed E-state index contributed by atoms with van der Waals surface area (Å²) in [4.78, 5) is 0.273. The first-order chi connectivity index (χ1) is 15.0. The third kappa shape index (κ3) is 3.59. The van der Waals surface area contributed by atoms with Crippen molar-refractivity contribution >= 4 is 20.9 Å². The van der Waals surface area contributed by atoms with E-state index in [1.165, 1.54) is 3.97 Å². The molecule has 1 saturated carbocycles. The highest BCUT2D eigenvalue weighted by molar-refractivity contribution is 7.90. The fraction of sp³-hybridized carbons (Fsp3) is 0.417. The molecule has 0 bridgehead atoms. The quantitative estimate of drug-likeness (QED) is 0.583. The number of aromatic nitrogens is 1. The molecule has 6 nitrogen and oxygen atoms in total. The molecule has 5 rings (SSSR count). The molecule has 2 fully saturated rings. The molecule has 0 N–H and O–H groups in total. The summed E-state index contributed by atoms with van der Waals surface area (Å²) in [6, 6.07) is 16.2. The first-order valence-corrected chi connectivity index (χ1v) is 12.2. The Morgan fingerprint density at radius 3 is 2.39 bits per heavy atom. The average molecular weight is 442 g/mol. The van der Waals surface area contributed by atoms with Crippen LogP contribution in [0.5, 0.6) is 0 Å². The van der Waals surface area contributed by atoms with Crippen LogP contribution >= 0.6 is 0 Å². The molecule has 1 spiro atoms. The Balaban J connectivity index is 1.48. The number of nitrogens with zero attached hydrogens (tertiary/aromatic N) is 1. The van der Waals surface area contributed by atoms with Crippen LogP contribution in [-0.2, 0) is 24.2 Å². The minimum atomic E-state index is -3.67. The minimum absolute atomic E-state index is 0.113. The number of methoxy groups -OCH3 is 1. The van der Waals surface area contributed by atoms with Gasteiger partial charge in [-0.15, -0.1) is 0 Å². The Labute approximate surface area is 182 Å². The number of hydrogen-bond acceptors (Lipinski definition) is 5. The van der Waals surface area contributed by atoms with Crippen molar-refractivity contribution in [1.29, 1.82) is 0 Å². The van der Waals surface area contributed by atoms with Crippen LogP contribution in [0.2, 0.25) is 0 Å². The SMILES string of the molecule is COC(c1cccc2c1ccn2S(=O)(=O)c1ccccc1)C1CCC2(CC1)OCCO2. The summed E-state index contributed by atoms with van der Waals surface area (Å²) in [7, 11) is -1.94. The van der Waals surface area contributed by atoms with Gasteiger partial charge in [-0.1, -0.05) is 30.3 Å². The molecule has 31 heavy (non-hydrogen) atoms. The van der Waals surface area contributed by atoms with E-state index in [-0.39, 0.29) is 11.0 Å². The fourth-order valence-electron chi connectivity index (χ4n) is 5.07. The molecule has 7 heteroatoms. The first kappa shape index (κ1) is 20.7. The minimum Gasteiger partial charge on any atom is -0.376 e. The summed E-state index contributed by atoms with van der Waals surface area (Å²) in [5, 5.41) is 0.905. The summed E-state index contributed by atoms with van der Waals surface area (Å²) in [6.45, 7) is 1.34. The predicted molar refractivity (Wildman–Crippen MR) is 117 cm³/mol. The molecule has 164 valence electrons. The normalized spacial score (nSPS) is 20.4. The van der Waals surface area contributed by atoms with E-state index in [4.69, 9.17) is 14.2 Å². The van der Waals surface area contributed by atoms with Crippen LogP contribution in [0.3, 0.4) is 0 Å². The summed E-state index contributed by atoms with van der Waals surface area (Å²) >= 11 is 0. The molecule has 1 aromatic heterocycles. The highest BCUT2D eigenvalue weighted by Gasteiger charge is 2.42. The van der Waals surface area contributed by atoms with Gasteiger partial charge in [0.15, 0.2) is 5.79 Å². The summed E-state index contributed by atoms with van der Waals surface area (Å²) < 4.78 is 45.5. The summed E-state index contributed by atoms with van der Waals surface area (Å²) in [5.41, 5.74) is 1.69. The summed E-state index contributed by atoms with van der Waals surface area (Å²) in [6.07, 6.45) is 5.13. The first-order valence-electron chi connectivity index (χ1n) is 10.8. The van der Waals surface area contributed by atoms with Crippen molar-refractivity contribution in [2.24, 2.45) is 5.92 Å². The lowest BCUT2D eigenvalue weighted by molar-refractivity contribution is -0.188. The van der Waals surface area contributed by atoms with Crippen molar-refractivity contribution in [3.8, 4) is 0 Å². The zero-order valence-electron chi connectivity index (χ0n) is 17.6. The summed E-state index contributed by atoms with van der Waals surface area (Å²) in [5.74, 6) is -0.0865. The van der Waals surface area contributed by atoms with Gasteiger partial charge in [0.1, 0.15) is 0 Å².